The molecular formula is C18H14F3NO3. The summed E-state index contributed by atoms with van der Waals surface area (Å²) < 4.78 is 41.2. The molecule has 0 amide bonds. The number of fused-ring (bicyclic) bond motifs is 1. The molecule has 0 saturated carbocycles. The molecule has 1 heterocycles. The third kappa shape index (κ3) is 3.57. The molecular weight excluding hydrogens is 335 g/mol. The quantitative estimate of drug-likeness (QED) is 0.699. The maximum Gasteiger partial charge on any atom is 0.573 e. The average molecular weight is 349 g/mol. The van der Waals surface area contributed by atoms with Gasteiger partial charge in [0, 0.05) is 16.5 Å². The minimum atomic E-state index is -4.84. The van der Waals surface area contributed by atoms with Crippen LogP contribution in [0.15, 0.2) is 48.5 Å². The van der Waals surface area contributed by atoms with E-state index in [1.165, 1.54) is 6.07 Å². The molecule has 3 aromatic rings. The summed E-state index contributed by atoms with van der Waals surface area (Å²) in [4.78, 5) is 4.47. The van der Waals surface area contributed by atoms with E-state index in [2.05, 4.69) is 9.72 Å². The zero-order valence-corrected chi connectivity index (χ0v) is 13.1. The maximum absolute atomic E-state index is 12.4. The second-order valence-electron chi connectivity index (χ2n) is 5.47. The van der Waals surface area contributed by atoms with Gasteiger partial charge >= 0.3 is 6.36 Å². The first-order valence-corrected chi connectivity index (χ1v) is 7.38. The lowest BCUT2D eigenvalue weighted by Gasteiger charge is -2.17. The molecule has 0 bridgehead atoms. The number of hydrogen-bond donors (Lipinski definition) is 2. The number of rotatable bonds is 3. The molecule has 0 fully saturated rings. The molecule has 0 atom stereocenters. The van der Waals surface area contributed by atoms with Gasteiger partial charge in [-0.15, -0.1) is 13.2 Å². The molecule has 2 N–H and O–H groups in total. The van der Waals surface area contributed by atoms with E-state index in [9.17, 15) is 23.4 Å². The van der Waals surface area contributed by atoms with Gasteiger partial charge in [-0.1, -0.05) is 30.3 Å². The van der Waals surface area contributed by atoms with Gasteiger partial charge in [-0.05, 0) is 30.7 Å². The Morgan fingerprint density at radius 3 is 2.32 bits per heavy atom. The Labute approximate surface area is 141 Å². The molecule has 0 aliphatic rings. The Kier molecular flexibility index (Phi) is 4.36. The van der Waals surface area contributed by atoms with Crippen molar-refractivity contribution >= 4 is 10.9 Å². The van der Waals surface area contributed by atoms with Crippen molar-refractivity contribution in [3.8, 4) is 17.0 Å². The number of hydrogen-bond acceptors (Lipinski definition) is 4. The minimum absolute atomic E-state index is 0.0940. The predicted molar refractivity (Wildman–Crippen MR) is 85.8 cm³/mol. The lowest BCUT2D eigenvalue weighted by molar-refractivity contribution is -0.274. The highest BCUT2D eigenvalue weighted by atomic mass is 19.4. The van der Waals surface area contributed by atoms with Crippen molar-refractivity contribution in [1.29, 1.82) is 0 Å². The van der Waals surface area contributed by atoms with Gasteiger partial charge in [0.1, 0.15) is 5.75 Å². The van der Waals surface area contributed by atoms with E-state index < -0.39 is 18.4 Å². The molecule has 130 valence electrons. The molecule has 4 nitrogen and oxygen atoms in total. The number of aliphatic hydroxyl groups is 2. The van der Waals surface area contributed by atoms with Crippen LogP contribution in [0.4, 0.5) is 13.2 Å². The van der Waals surface area contributed by atoms with Crippen LogP contribution < -0.4 is 4.74 Å². The maximum atomic E-state index is 12.4. The van der Waals surface area contributed by atoms with Crippen molar-refractivity contribution in [3.63, 3.8) is 0 Å². The fraction of sp³-hybridized carbons (Fsp3) is 0.167. The van der Waals surface area contributed by atoms with Crippen molar-refractivity contribution in [2.24, 2.45) is 0 Å². The van der Waals surface area contributed by atoms with Crippen LogP contribution in [-0.4, -0.2) is 21.6 Å². The van der Waals surface area contributed by atoms with Crippen LogP contribution in [0.2, 0.25) is 0 Å². The zero-order valence-electron chi connectivity index (χ0n) is 13.1. The van der Waals surface area contributed by atoms with E-state index in [1.54, 1.807) is 6.92 Å². The summed E-state index contributed by atoms with van der Waals surface area (Å²) >= 11 is 0. The summed E-state index contributed by atoms with van der Waals surface area (Å²) in [5, 5.41) is 19.7. The third-order valence-corrected chi connectivity index (χ3v) is 3.79. The number of aliphatic hydroxyl groups excluding tert-OH is 1. The monoisotopic (exact) mass is 349 g/mol. The van der Waals surface area contributed by atoms with Crippen LogP contribution in [0.25, 0.3) is 22.2 Å². The van der Waals surface area contributed by atoms with Gasteiger partial charge in [0.25, 0.3) is 0 Å². The van der Waals surface area contributed by atoms with E-state index in [0.717, 1.165) is 17.7 Å². The Morgan fingerprint density at radius 1 is 1.04 bits per heavy atom. The molecule has 7 heteroatoms. The number of nitrogens with zero attached hydrogens (tertiary/aromatic N) is 1. The summed E-state index contributed by atoms with van der Waals surface area (Å²) in [5.41, 5.74) is 2.19. The Bertz CT molecular complexity index is 909. The van der Waals surface area contributed by atoms with Gasteiger partial charge in [-0.25, -0.2) is 4.98 Å². The number of alkyl halides is 3. The van der Waals surface area contributed by atoms with Crippen LogP contribution >= 0.6 is 0 Å². The predicted octanol–water partition coefficient (Wildman–Crippen LogP) is 4.09. The normalized spacial score (nSPS) is 12.0. The Hall–Kier alpha value is -2.64. The van der Waals surface area contributed by atoms with E-state index in [-0.39, 0.29) is 10.9 Å². The van der Waals surface area contributed by atoms with E-state index in [0.29, 0.717) is 16.8 Å². The highest BCUT2D eigenvalue weighted by molar-refractivity contribution is 5.88. The van der Waals surface area contributed by atoms with Gasteiger partial charge in [0.15, 0.2) is 6.29 Å². The number of ether oxygens (including phenoxy) is 1. The first kappa shape index (κ1) is 17.2. The minimum Gasteiger partial charge on any atom is -0.406 e. The molecule has 0 aliphatic heterocycles. The van der Waals surface area contributed by atoms with E-state index in [1.807, 2.05) is 30.3 Å². The Morgan fingerprint density at radius 2 is 1.72 bits per heavy atom. The summed E-state index contributed by atoms with van der Waals surface area (Å²) in [7, 11) is 0. The molecule has 2 aromatic carbocycles. The summed E-state index contributed by atoms with van der Waals surface area (Å²) in [6.45, 7) is 1.64. The Balaban J connectivity index is 2.24. The van der Waals surface area contributed by atoms with Crippen molar-refractivity contribution in [3.05, 3.63) is 59.7 Å². The summed E-state index contributed by atoms with van der Waals surface area (Å²) in [6, 6.07) is 12.7. The standard InChI is InChI=1S/C18H14F3NO3/c1-10-15(17(23)24)13-9-12(25-18(19,20)21)7-8-14(13)22-16(10)11-5-3-2-4-6-11/h2-9,17,23-24H,1H3. The fourth-order valence-electron chi connectivity index (χ4n) is 2.77. The number of pyridine rings is 1. The first-order valence-electron chi connectivity index (χ1n) is 7.38. The van der Waals surface area contributed by atoms with Crippen LogP contribution in [0.5, 0.6) is 5.75 Å². The molecule has 1 aromatic heterocycles. The van der Waals surface area contributed by atoms with Gasteiger partial charge in [0.05, 0.1) is 11.2 Å². The lowest BCUT2D eigenvalue weighted by atomic mass is 9.97. The molecule has 0 saturated heterocycles. The van der Waals surface area contributed by atoms with Crippen molar-refractivity contribution < 1.29 is 28.1 Å². The number of aromatic nitrogens is 1. The molecule has 0 aliphatic carbocycles. The highest BCUT2D eigenvalue weighted by Crippen LogP contribution is 2.35. The number of benzene rings is 2. The molecule has 3 rings (SSSR count). The van der Waals surface area contributed by atoms with Crippen molar-refractivity contribution in [2.75, 3.05) is 0 Å². The van der Waals surface area contributed by atoms with Gasteiger partial charge in [-0.3, -0.25) is 0 Å². The smallest absolute Gasteiger partial charge is 0.406 e. The SMILES string of the molecule is Cc1c(-c2ccccc2)nc2ccc(OC(F)(F)F)cc2c1C(O)O. The fourth-order valence-corrected chi connectivity index (χ4v) is 2.77. The van der Waals surface area contributed by atoms with E-state index >= 15 is 0 Å². The molecule has 0 unspecified atom stereocenters. The summed E-state index contributed by atoms with van der Waals surface area (Å²) in [6.07, 6.45) is -6.70. The zero-order chi connectivity index (χ0) is 18.2. The highest BCUT2D eigenvalue weighted by Gasteiger charge is 2.31. The van der Waals surface area contributed by atoms with Crippen LogP contribution in [-0.2, 0) is 0 Å². The molecule has 25 heavy (non-hydrogen) atoms. The second kappa shape index (κ2) is 6.34. The second-order valence-corrected chi connectivity index (χ2v) is 5.47. The lowest BCUT2D eigenvalue weighted by Crippen LogP contribution is -2.17. The topological polar surface area (TPSA) is 62.6 Å². The van der Waals surface area contributed by atoms with Gasteiger partial charge in [-0.2, -0.15) is 0 Å². The van der Waals surface area contributed by atoms with Crippen molar-refractivity contribution in [2.45, 2.75) is 19.6 Å². The first-order chi connectivity index (χ1) is 11.8. The van der Waals surface area contributed by atoms with Gasteiger partial charge < -0.3 is 14.9 Å². The van der Waals surface area contributed by atoms with Crippen LogP contribution in [0.1, 0.15) is 17.4 Å². The summed E-state index contributed by atoms with van der Waals surface area (Å²) in [5.74, 6) is -0.449. The average Bonchev–Trinajstić information content (AvgIpc) is 2.53. The molecule has 0 radical (unpaired) electrons. The van der Waals surface area contributed by atoms with E-state index in [4.69, 9.17) is 0 Å². The van der Waals surface area contributed by atoms with Crippen LogP contribution in [0.3, 0.4) is 0 Å². The third-order valence-electron chi connectivity index (χ3n) is 3.79. The van der Waals surface area contributed by atoms with Crippen LogP contribution in [0, 0.1) is 6.92 Å². The molecule has 0 spiro atoms. The van der Waals surface area contributed by atoms with Crippen molar-refractivity contribution in [1.82, 2.24) is 4.98 Å². The van der Waals surface area contributed by atoms with Gasteiger partial charge in [0.2, 0.25) is 0 Å². The largest absolute Gasteiger partial charge is 0.573 e. The number of halogens is 3.